The lowest BCUT2D eigenvalue weighted by molar-refractivity contribution is 0.364. The van der Waals surface area contributed by atoms with Gasteiger partial charge in [-0.15, -0.1) is 0 Å². The highest BCUT2D eigenvalue weighted by atomic mass is 16.3. The average molecular weight is 246 g/mol. The number of hydrogen-bond acceptors (Lipinski definition) is 5. The standard InChI is InChI=1S/C13H14N2O3/c16-11-7-6-9(12(17)13(11)18)8-14-15-10-4-2-1-3-5-10/h1-7,14-18H,8H2. The maximum atomic E-state index is 9.60. The van der Waals surface area contributed by atoms with Crippen LogP contribution in [0.25, 0.3) is 0 Å². The average Bonchev–Trinajstić information content (AvgIpc) is 2.40. The molecule has 0 aliphatic heterocycles. The van der Waals surface area contributed by atoms with Gasteiger partial charge in [-0.2, -0.15) is 0 Å². The Labute approximate surface area is 104 Å². The van der Waals surface area contributed by atoms with E-state index in [-0.39, 0.29) is 11.5 Å². The van der Waals surface area contributed by atoms with Gasteiger partial charge < -0.3 is 20.7 Å². The zero-order valence-corrected chi connectivity index (χ0v) is 9.59. The Bertz CT molecular complexity index is 529. The molecule has 2 aromatic carbocycles. The summed E-state index contributed by atoms with van der Waals surface area (Å²) in [6.45, 7) is 0.300. The van der Waals surface area contributed by atoms with Crippen LogP contribution in [0.2, 0.25) is 0 Å². The maximum absolute atomic E-state index is 9.60. The number of phenols is 3. The van der Waals surface area contributed by atoms with Crippen LogP contribution in [-0.2, 0) is 6.54 Å². The number of rotatable bonds is 4. The van der Waals surface area contributed by atoms with Gasteiger partial charge in [-0.25, -0.2) is 5.43 Å². The summed E-state index contributed by atoms with van der Waals surface area (Å²) in [6, 6.07) is 12.3. The minimum Gasteiger partial charge on any atom is -0.504 e. The summed E-state index contributed by atoms with van der Waals surface area (Å²) in [5.41, 5.74) is 7.22. The molecule has 0 amide bonds. The summed E-state index contributed by atoms with van der Waals surface area (Å²) in [4.78, 5) is 0. The highest BCUT2D eigenvalue weighted by molar-refractivity contribution is 5.53. The molecule has 18 heavy (non-hydrogen) atoms. The van der Waals surface area contributed by atoms with E-state index in [2.05, 4.69) is 10.9 Å². The fraction of sp³-hybridized carbons (Fsp3) is 0.0769. The summed E-state index contributed by atoms with van der Waals surface area (Å²) in [7, 11) is 0. The second kappa shape index (κ2) is 5.29. The summed E-state index contributed by atoms with van der Waals surface area (Å²) < 4.78 is 0. The number of aromatic hydroxyl groups is 3. The van der Waals surface area contributed by atoms with Gasteiger partial charge in [0.15, 0.2) is 11.5 Å². The zero-order chi connectivity index (χ0) is 13.0. The van der Waals surface area contributed by atoms with Gasteiger partial charge in [0, 0.05) is 17.8 Å². The number of nitrogens with one attached hydrogen (secondary N) is 2. The molecule has 0 heterocycles. The van der Waals surface area contributed by atoms with Crippen LogP contribution < -0.4 is 10.9 Å². The lowest BCUT2D eigenvalue weighted by Crippen LogP contribution is -2.20. The van der Waals surface area contributed by atoms with Gasteiger partial charge in [0.2, 0.25) is 5.75 Å². The third-order valence-corrected chi connectivity index (χ3v) is 2.50. The third kappa shape index (κ3) is 2.64. The highest BCUT2D eigenvalue weighted by Crippen LogP contribution is 2.36. The Hall–Kier alpha value is -2.40. The monoisotopic (exact) mass is 246 g/mol. The fourth-order valence-corrected chi connectivity index (χ4v) is 1.52. The Balaban J connectivity index is 1.97. The molecular formula is C13H14N2O3. The molecule has 5 N–H and O–H groups in total. The fourth-order valence-electron chi connectivity index (χ4n) is 1.52. The van der Waals surface area contributed by atoms with Gasteiger partial charge in [0.25, 0.3) is 0 Å². The molecule has 2 rings (SSSR count). The van der Waals surface area contributed by atoms with Gasteiger partial charge in [-0.05, 0) is 18.2 Å². The molecule has 5 nitrogen and oxygen atoms in total. The molecule has 0 saturated heterocycles. The Morgan fingerprint density at radius 2 is 1.56 bits per heavy atom. The molecule has 2 aromatic rings. The number of benzene rings is 2. The van der Waals surface area contributed by atoms with Crippen molar-refractivity contribution in [3.05, 3.63) is 48.0 Å². The van der Waals surface area contributed by atoms with Crippen molar-refractivity contribution in [1.82, 2.24) is 5.43 Å². The van der Waals surface area contributed by atoms with Crippen molar-refractivity contribution in [2.75, 3.05) is 5.43 Å². The summed E-state index contributed by atoms with van der Waals surface area (Å²) in [5, 5.41) is 28.1. The first-order valence-corrected chi connectivity index (χ1v) is 5.45. The van der Waals surface area contributed by atoms with Crippen molar-refractivity contribution in [1.29, 1.82) is 0 Å². The second-order valence-electron chi connectivity index (χ2n) is 3.79. The van der Waals surface area contributed by atoms with Crippen LogP contribution >= 0.6 is 0 Å². The molecule has 0 saturated carbocycles. The van der Waals surface area contributed by atoms with Crippen LogP contribution in [0.5, 0.6) is 17.2 Å². The minimum absolute atomic E-state index is 0.300. The normalized spacial score (nSPS) is 10.2. The van der Waals surface area contributed by atoms with Crippen LogP contribution in [-0.4, -0.2) is 15.3 Å². The van der Waals surface area contributed by atoms with E-state index in [1.807, 2.05) is 30.3 Å². The first-order chi connectivity index (χ1) is 8.68. The number of para-hydroxylation sites is 1. The van der Waals surface area contributed by atoms with Gasteiger partial charge in [-0.3, -0.25) is 0 Å². The van der Waals surface area contributed by atoms with E-state index in [0.29, 0.717) is 12.1 Å². The van der Waals surface area contributed by atoms with Crippen molar-refractivity contribution in [3.63, 3.8) is 0 Å². The summed E-state index contributed by atoms with van der Waals surface area (Å²) in [5.74, 6) is -1.17. The summed E-state index contributed by atoms with van der Waals surface area (Å²) in [6.07, 6.45) is 0. The van der Waals surface area contributed by atoms with Gasteiger partial charge in [-0.1, -0.05) is 24.3 Å². The molecule has 0 aliphatic rings. The molecule has 0 unspecified atom stereocenters. The lowest BCUT2D eigenvalue weighted by atomic mass is 10.2. The lowest BCUT2D eigenvalue weighted by Gasteiger charge is -2.10. The van der Waals surface area contributed by atoms with E-state index in [1.165, 1.54) is 12.1 Å². The zero-order valence-electron chi connectivity index (χ0n) is 9.59. The van der Waals surface area contributed by atoms with E-state index in [4.69, 9.17) is 0 Å². The molecular weight excluding hydrogens is 232 g/mol. The first kappa shape index (κ1) is 12.1. The van der Waals surface area contributed by atoms with Crippen LogP contribution in [0, 0.1) is 0 Å². The predicted molar refractivity (Wildman–Crippen MR) is 68.3 cm³/mol. The molecule has 0 radical (unpaired) electrons. The van der Waals surface area contributed by atoms with Crippen molar-refractivity contribution >= 4 is 5.69 Å². The molecule has 0 atom stereocenters. The molecule has 0 aromatic heterocycles. The minimum atomic E-state index is -0.506. The number of phenolic OH excluding ortho intramolecular Hbond substituents is 3. The van der Waals surface area contributed by atoms with Crippen LogP contribution in [0.15, 0.2) is 42.5 Å². The Kier molecular flexibility index (Phi) is 3.54. The Morgan fingerprint density at radius 1 is 0.833 bits per heavy atom. The smallest absolute Gasteiger partial charge is 0.200 e. The van der Waals surface area contributed by atoms with E-state index < -0.39 is 5.75 Å². The topological polar surface area (TPSA) is 84.8 Å². The van der Waals surface area contributed by atoms with Gasteiger partial charge >= 0.3 is 0 Å². The number of hydrogen-bond donors (Lipinski definition) is 5. The van der Waals surface area contributed by atoms with Crippen LogP contribution in [0.3, 0.4) is 0 Å². The SMILES string of the molecule is Oc1ccc(CNNc2ccccc2)c(O)c1O. The highest BCUT2D eigenvalue weighted by Gasteiger charge is 2.10. The first-order valence-electron chi connectivity index (χ1n) is 5.45. The molecule has 0 aliphatic carbocycles. The number of hydrazine groups is 1. The molecule has 0 bridgehead atoms. The van der Waals surface area contributed by atoms with E-state index >= 15 is 0 Å². The third-order valence-electron chi connectivity index (χ3n) is 2.50. The van der Waals surface area contributed by atoms with Crippen LogP contribution in [0.4, 0.5) is 5.69 Å². The molecule has 0 fully saturated rings. The molecule has 0 spiro atoms. The maximum Gasteiger partial charge on any atom is 0.200 e. The Morgan fingerprint density at radius 3 is 2.28 bits per heavy atom. The van der Waals surface area contributed by atoms with Crippen LogP contribution in [0.1, 0.15) is 5.56 Å². The second-order valence-corrected chi connectivity index (χ2v) is 3.79. The molecule has 5 heteroatoms. The van der Waals surface area contributed by atoms with Crippen molar-refractivity contribution in [2.24, 2.45) is 0 Å². The van der Waals surface area contributed by atoms with Crippen molar-refractivity contribution in [3.8, 4) is 17.2 Å². The summed E-state index contributed by atoms with van der Waals surface area (Å²) >= 11 is 0. The van der Waals surface area contributed by atoms with E-state index in [1.54, 1.807) is 0 Å². The van der Waals surface area contributed by atoms with Gasteiger partial charge in [0.05, 0.1) is 0 Å². The largest absolute Gasteiger partial charge is 0.504 e. The quantitative estimate of drug-likeness (QED) is 0.420. The van der Waals surface area contributed by atoms with E-state index in [0.717, 1.165) is 5.69 Å². The predicted octanol–water partition coefficient (Wildman–Crippen LogP) is 1.92. The van der Waals surface area contributed by atoms with E-state index in [9.17, 15) is 15.3 Å². The van der Waals surface area contributed by atoms with Gasteiger partial charge in [0.1, 0.15) is 0 Å². The molecule has 94 valence electrons. The van der Waals surface area contributed by atoms with Crippen molar-refractivity contribution in [2.45, 2.75) is 6.54 Å². The number of anilines is 1. The van der Waals surface area contributed by atoms with Crippen molar-refractivity contribution < 1.29 is 15.3 Å².